The van der Waals surface area contributed by atoms with E-state index in [9.17, 15) is 0 Å². The molecular weight excluding hydrogens is 194 g/mol. The fraction of sp³-hybridized carbons (Fsp3) is 0.800. The molecule has 0 aliphatic heterocycles. The third kappa shape index (κ3) is 2.18. The highest BCUT2D eigenvalue weighted by Gasteiger charge is 2.27. The minimum Gasteiger partial charge on any atom is -0.394 e. The van der Waals surface area contributed by atoms with Gasteiger partial charge in [-0.25, -0.2) is 0 Å². The summed E-state index contributed by atoms with van der Waals surface area (Å²) in [4.78, 5) is 4.23. The molecule has 5 nitrogen and oxygen atoms in total. The maximum Gasteiger partial charge on any atom is 0.245 e. The van der Waals surface area contributed by atoms with Crippen LogP contribution in [0.25, 0.3) is 0 Å². The van der Waals surface area contributed by atoms with Crippen LogP contribution in [-0.2, 0) is 0 Å². The lowest BCUT2D eigenvalue weighted by molar-refractivity contribution is 0.236. The molecule has 1 saturated carbocycles. The predicted molar refractivity (Wildman–Crippen MR) is 54.1 cm³/mol. The Morgan fingerprint density at radius 2 is 2.40 bits per heavy atom. The molecule has 0 saturated heterocycles. The number of aliphatic hydroxyl groups excluding tert-OH is 1. The highest BCUT2D eigenvalue weighted by molar-refractivity contribution is 5.00. The first-order valence-electron chi connectivity index (χ1n) is 5.40. The SMILES string of the molecule is CC1CCC(c2noc(C(N)CO)n2)C1. The van der Waals surface area contributed by atoms with Crippen LogP contribution >= 0.6 is 0 Å². The van der Waals surface area contributed by atoms with Crippen LogP contribution in [0.2, 0.25) is 0 Å². The maximum absolute atomic E-state index is 8.85. The molecule has 1 aromatic rings. The van der Waals surface area contributed by atoms with Crippen LogP contribution in [0.1, 0.15) is 49.9 Å². The van der Waals surface area contributed by atoms with E-state index in [2.05, 4.69) is 17.1 Å². The molecule has 5 heteroatoms. The largest absolute Gasteiger partial charge is 0.394 e. The minimum absolute atomic E-state index is 0.164. The van der Waals surface area contributed by atoms with E-state index in [1.54, 1.807) is 0 Å². The van der Waals surface area contributed by atoms with Gasteiger partial charge in [0.25, 0.3) is 0 Å². The molecule has 1 aliphatic carbocycles. The maximum atomic E-state index is 8.85. The standard InChI is InChI=1S/C10H17N3O2/c1-6-2-3-7(4-6)9-12-10(15-13-9)8(11)5-14/h6-8,14H,2-5,11H2,1H3. The average molecular weight is 211 g/mol. The second-order valence-electron chi connectivity index (χ2n) is 4.40. The number of aromatic nitrogens is 2. The minimum atomic E-state index is -0.551. The fourth-order valence-corrected chi connectivity index (χ4v) is 2.08. The van der Waals surface area contributed by atoms with Gasteiger partial charge in [0.2, 0.25) is 5.89 Å². The first-order chi connectivity index (χ1) is 7.20. The van der Waals surface area contributed by atoms with Crippen LogP contribution < -0.4 is 5.73 Å². The Bertz CT molecular complexity index is 326. The summed E-state index contributed by atoms with van der Waals surface area (Å²) in [5, 5.41) is 12.8. The molecule has 2 rings (SSSR count). The van der Waals surface area contributed by atoms with E-state index in [1.807, 2.05) is 0 Å². The van der Waals surface area contributed by atoms with E-state index < -0.39 is 6.04 Å². The predicted octanol–water partition coefficient (Wildman–Crippen LogP) is 0.965. The van der Waals surface area contributed by atoms with Crippen molar-refractivity contribution in [3.63, 3.8) is 0 Å². The van der Waals surface area contributed by atoms with Gasteiger partial charge in [0.15, 0.2) is 5.82 Å². The van der Waals surface area contributed by atoms with Gasteiger partial charge in [-0.1, -0.05) is 12.1 Å². The zero-order valence-electron chi connectivity index (χ0n) is 8.89. The number of hydrogen-bond donors (Lipinski definition) is 2. The molecule has 0 spiro atoms. The topological polar surface area (TPSA) is 85.2 Å². The first-order valence-corrected chi connectivity index (χ1v) is 5.40. The molecule has 1 fully saturated rings. The van der Waals surface area contributed by atoms with E-state index in [4.69, 9.17) is 15.4 Å². The Morgan fingerprint density at radius 3 is 3.00 bits per heavy atom. The van der Waals surface area contributed by atoms with Gasteiger partial charge < -0.3 is 15.4 Å². The fourth-order valence-electron chi connectivity index (χ4n) is 2.08. The molecule has 0 aromatic carbocycles. The van der Waals surface area contributed by atoms with Crippen molar-refractivity contribution < 1.29 is 9.63 Å². The number of hydrogen-bond acceptors (Lipinski definition) is 5. The van der Waals surface area contributed by atoms with Crippen LogP contribution in [0.15, 0.2) is 4.52 Å². The van der Waals surface area contributed by atoms with Crippen molar-refractivity contribution >= 4 is 0 Å². The molecule has 84 valence electrons. The zero-order valence-corrected chi connectivity index (χ0v) is 8.89. The molecular formula is C10H17N3O2. The summed E-state index contributed by atoms with van der Waals surface area (Å²) in [6.45, 7) is 2.07. The lowest BCUT2D eigenvalue weighted by atomic mass is 10.1. The van der Waals surface area contributed by atoms with Crippen LogP contribution in [-0.4, -0.2) is 21.9 Å². The van der Waals surface area contributed by atoms with E-state index in [1.165, 1.54) is 6.42 Å². The molecule has 1 heterocycles. The van der Waals surface area contributed by atoms with E-state index in [0.717, 1.165) is 24.6 Å². The van der Waals surface area contributed by atoms with Gasteiger partial charge in [-0.2, -0.15) is 4.98 Å². The number of rotatable bonds is 3. The molecule has 0 radical (unpaired) electrons. The van der Waals surface area contributed by atoms with Gasteiger partial charge >= 0.3 is 0 Å². The van der Waals surface area contributed by atoms with Gasteiger partial charge in [0.05, 0.1) is 6.61 Å². The highest BCUT2D eigenvalue weighted by atomic mass is 16.5. The third-order valence-electron chi connectivity index (χ3n) is 3.03. The molecule has 3 atom stereocenters. The van der Waals surface area contributed by atoms with Gasteiger partial charge in [0.1, 0.15) is 6.04 Å². The lowest BCUT2D eigenvalue weighted by Gasteiger charge is -2.02. The summed E-state index contributed by atoms with van der Waals surface area (Å²) >= 11 is 0. The zero-order chi connectivity index (χ0) is 10.8. The second-order valence-corrected chi connectivity index (χ2v) is 4.40. The summed E-state index contributed by atoms with van der Waals surface area (Å²) in [6, 6.07) is -0.551. The Balaban J connectivity index is 2.07. The molecule has 0 amide bonds. The Labute approximate surface area is 88.7 Å². The van der Waals surface area contributed by atoms with E-state index >= 15 is 0 Å². The highest BCUT2D eigenvalue weighted by Crippen LogP contribution is 2.36. The van der Waals surface area contributed by atoms with E-state index in [0.29, 0.717) is 11.8 Å². The van der Waals surface area contributed by atoms with Crippen molar-refractivity contribution in [2.24, 2.45) is 11.7 Å². The Hall–Kier alpha value is -0.940. The second kappa shape index (κ2) is 4.28. The number of aliphatic hydroxyl groups is 1. The van der Waals surface area contributed by atoms with Crippen molar-refractivity contribution in [3.05, 3.63) is 11.7 Å². The van der Waals surface area contributed by atoms with Crippen molar-refractivity contribution in [2.75, 3.05) is 6.61 Å². The molecule has 1 aliphatic rings. The van der Waals surface area contributed by atoms with Crippen LogP contribution in [0.4, 0.5) is 0 Å². The normalized spacial score (nSPS) is 28.2. The summed E-state index contributed by atoms with van der Waals surface area (Å²) in [7, 11) is 0. The van der Waals surface area contributed by atoms with Crippen LogP contribution in [0.5, 0.6) is 0 Å². The quantitative estimate of drug-likeness (QED) is 0.778. The van der Waals surface area contributed by atoms with Gasteiger partial charge in [-0.3, -0.25) is 0 Å². The molecule has 3 N–H and O–H groups in total. The van der Waals surface area contributed by atoms with Crippen molar-refractivity contribution in [2.45, 2.75) is 38.1 Å². The van der Waals surface area contributed by atoms with Crippen LogP contribution in [0, 0.1) is 5.92 Å². The van der Waals surface area contributed by atoms with Gasteiger partial charge in [-0.05, 0) is 25.2 Å². The van der Waals surface area contributed by atoms with Crippen molar-refractivity contribution in [1.29, 1.82) is 0 Å². The molecule has 0 bridgehead atoms. The average Bonchev–Trinajstić information content (AvgIpc) is 2.84. The molecule has 1 aromatic heterocycles. The summed E-state index contributed by atoms with van der Waals surface area (Å²) in [5.74, 6) is 2.23. The smallest absolute Gasteiger partial charge is 0.245 e. The molecule has 3 unspecified atom stereocenters. The van der Waals surface area contributed by atoms with E-state index in [-0.39, 0.29) is 6.61 Å². The van der Waals surface area contributed by atoms with Crippen molar-refractivity contribution in [1.82, 2.24) is 10.1 Å². The molecule has 15 heavy (non-hydrogen) atoms. The Kier molecular flexibility index (Phi) is 3.02. The lowest BCUT2D eigenvalue weighted by Crippen LogP contribution is -2.14. The third-order valence-corrected chi connectivity index (χ3v) is 3.03. The van der Waals surface area contributed by atoms with Crippen molar-refractivity contribution in [3.8, 4) is 0 Å². The van der Waals surface area contributed by atoms with Crippen LogP contribution in [0.3, 0.4) is 0 Å². The number of nitrogens with two attached hydrogens (primary N) is 1. The monoisotopic (exact) mass is 211 g/mol. The summed E-state index contributed by atoms with van der Waals surface area (Å²) < 4.78 is 5.02. The van der Waals surface area contributed by atoms with Gasteiger partial charge in [0, 0.05) is 5.92 Å². The Morgan fingerprint density at radius 1 is 1.60 bits per heavy atom. The summed E-state index contributed by atoms with van der Waals surface area (Å²) in [5.41, 5.74) is 5.59. The van der Waals surface area contributed by atoms with Gasteiger partial charge in [-0.15, -0.1) is 0 Å². The number of nitrogens with zero attached hydrogens (tertiary/aromatic N) is 2. The summed E-state index contributed by atoms with van der Waals surface area (Å²) in [6.07, 6.45) is 3.46. The first kappa shape index (κ1) is 10.6.